The molecular formula is C66H102N6O14. The van der Waals surface area contributed by atoms with E-state index in [4.69, 9.17) is 18.9 Å². The van der Waals surface area contributed by atoms with Crippen LogP contribution in [0.5, 0.6) is 0 Å². The highest BCUT2D eigenvalue weighted by atomic mass is 16.6. The van der Waals surface area contributed by atoms with Crippen LogP contribution >= 0.6 is 0 Å². The van der Waals surface area contributed by atoms with Crippen molar-refractivity contribution < 1.29 is 67.5 Å². The molecule has 0 unspecified atom stereocenters. The fraction of sp³-hybridized carbons (Fsp3) is 0.697. The molecule has 3 saturated heterocycles. The van der Waals surface area contributed by atoms with Gasteiger partial charge in [0.25, 0.3) is 23.6 Å². The van der Waals surface area contributed by atoms with Gasteiger partial charge in [-0.25, -0.2) is 19.2 Å². The molecule has 0 aliphatic carbocycles. The highest BCUT2D eigenvalue weighted by Gasteiger charge is 2.43. The molecule has 0 bridgehead atoms. The summed E-state index contributed by atoms with van der Waals surface area (Å²) in [7, 11) is 5.60. The molecule has 20 nitrogen and oxygen atoms in total. The zero-order chi connectivity index (χ0) is 64.1. The Balaban J connectivity index is 1.56. The Hall–Kier alpha value is -5.96. The van der Waals surface area contributed by atoms with Gasteiger partial charge in [0, 0.05) is 80.3 Å². The maximum Gasteiger partial charge on any atom is 0.329 e. The van der Waals surface area contributed by atoms with Gasteiger partial charge in [0.1, 0.15) is 24.2 Å². The lowest BCUT2D eigenvalue weighted by atomic mass is 9.93. The van der Waals surface area contributed by atoms with Gasteiger partial charge in [-0.2, -0.15) is 0 Å². The number of rotatable bonds is 16. The number of ether oxygens (including phenoxy) is 4. The summed E-state index contributed by atoms with van der Waals surface area (Å²) in [5.74, 6) is -7.42. The number of hydrogen-bond acceptors (Lipinski definition) is 16. The predicted octanol–water partition coefficient (Wildman–Crippen LogP) is 6.36. The monoisotopic (exact) mass is 1200 g/mol. The number of carbonyl (C=O) groups is 8. The lowest BCUT2D eigenvalue weighted by molar-refractivity contribution is -0.176. The lowest BCUT2D eigenvalue weighted by Gasteiger charge is -2.36. The SMILES string of the molecule is CC(C)C[C@H]1C(=O)O[C@H](Cc2ccc(CN3CCC(C)(O)CC3)cc2)C(=O)N(C)[C@@H](CC(C)C)C(=O)O[C@H](C)C(=O)N(C)[C@@H](CC(C)C)C(=O)O[C@H](Cc2ccc(CN3CCC(C)(O)CC3)cc2)C(=O)N(C)[C@@H](CC(C)C)C(=O)O[C@H](C)C(=O)N1C. The second-order valence-electron chi connectivity index (χ2n) is 27.0. The van der Waals surface area contributed by atoms with E-state index in [0.29, 0.717) is 49.9 Å². The Morgan fingerprint density at radius 2 is 0.640 bits per heavy atom. The summed E-state index contributed by atoms with van der Waals surface area (Å²) in [5.41, 5.74) is 1.85. The van der Waals surface area contributed by atoms with Crippen molar-refractivity contribution >= 4 is 47.5 Å². The van der Waals surface area contributed by atoms with Gasteiger partial charge in [-0.3, -0.25) is 29.0 Å². The van der Waals surface area contributed by atoms with Crippen molar-refractivity contribution in [1.82, 2.24) is 29.4 Å². The summed E-state index contributed by atoms with van der Waals surface area (Å²) in [6, 6.07) is 9.93. The zero-order valence-corrected chi connectivity index (χ0v) is 54.3. The van der Waals surface area contributed by atoms with Crippen LogP contribution in [0.4, 0.5) is 0 Å². The average molecular weight is 1200 g/mol. The first-order valence-corrected chi connectivity index (χ1v) is 31.1. The molecule has 2 N–H and O–H groups in total. The first-order chi connectivity index (χ1) is 40.1. The Labute approximate surface area is 511 Å². The second kappa shape index (κ2) is 31.3. The number of benzene rings is 2. The van der Waals surface area contributed by atoms with E-state index < -0.39 is 107 Å². The molecule has 0 spiro atoms. The Morgan fingerprint density at radius 3 is 0.895 bits per heavy atom. The number of nitrogens with zero attached hydrogens (tertiary/aromatic N) is 6. The van der Waals surface area contributed by atoms with Gasteiger partial charge in [-0.05, 0) is 125 Å². The maximum atomic E-state index is 15.1. The van der Waals surface area contributed by atoms with E-state index in [1.807, 2.05) is 118 Å². The smallest absolute Gasteiger partial charge is 0.329 e. The van der Waals surface area contributed by atoms with E-state index in [1.165, 1.54) is 51.8 Å². The molecule has 2 aromatic carbocycles. The van der Waals surface area contributed by atoms with Crippen LogP contribution in [0.25, 0.3) is 0 Å². The molecule has 3 fully saturated rings. The quantitative estimate of drug-likeness (QED) is 0.138. The van der Waals surface area contributed by atoms with Crippen LogP contribution in [0.2, 0.25) is 0 Å². The van der Waals surface area contributed by atoms with Crippen LogP contribution in [0, 0.1) is 23.7 Å². The summed E-state index contributed by atoms with van der Waals surface area (Å²) in [6.45, 7) is 25.4. The first kappa shape index (κ1) is 70.8. The summed E-state index contributed by atoms with van der Waals surface area (Å²) in [6.07, 6.45) is -3.38. The molecule has 3 aliphatic rings. The van der Waals surface area contributed by atoms with Gasteiger partial charge in [0.2, 0.25) is 0 Å². The molecule has 3 heterocycles. The van der Waals surface area contributed by atoms with Gasteiger partial charge >= 0.3 is 23.9 Å². The minimum atomic E-state index is -1.53. The van der Waals surface area contributed by atoms with Crippen molar-refractivity contribution in [3.05, 3.63) is 70.8 Å². The predicted molar refractivity (Wildman–Crippen MR) is 325 cm³/mol. The van der Waals surface area contributed by atoms with Crippen LogP contribution in [0.1, 0.15) is 157 Å². The van der Waals surface area contributed by atoms with E-state index in [0.717, 1.165) is 47.1 Å². The number of aliphatic hydroxyl groups is 2. The molecule has 3 aliphatic heterocycles. The third kappa shape index (κ3) is 20.6. The maximum absolute atomic E-state index is 15.1. The Bertz CT molecular complexity index is 2410. The van der Waals surface area contributed by atoms with E-state index in [1.54, 1.807) is 0 Å². The number of likely N-dealkylation sites (tertiary alicyclic amines) is 2. The third-order valence-electron chi connectivity index (χ3n) is 17.0. The molecule has 20 heteroatoms. The molecule has 4 amide bonds. The second-order valence-corrected chi connectivity index (χ2v) is 27.0. The van der Waals surface area contributed by atoms with Crippen LogP contribution in [0.15, 0.2) is 48.5 Å². The van der Waals surface area contributed by atoms with Crippen molar-refractivity contribution in [3.63, 3.8) is 0 Å². The summed E-state index contributed by atoms with van der Waals surface area (Å²) in [4.78, 5) is 127. The molecule has 8 atom stereocenters. The highest BCUT2D eigenvalue weighted by Crippen LogP contribution is 2.28. The van der Waals surface area contributed by atoms with Crippen molar-refractivity contribution in [2.45, 2.75) is 220 Å². The van der Waals surface area contributed by atoms with Gasteiger partial charge in [-0.1, -0.05) is 104 Å². The van der Waals surface area contributed by atoms with Crippen LogP contribution in [-0.4, -0.2) is 201 Å². The van der Waals surface area contributed by atoms with Crippen LogP contribution in [-0.2, 0) is 83.2 Å². The minimum Gasteiger partial charge on any atom is -0.451 e. The van der Waals surface area contributed by atoms with Crippen LogP contribution < -0.4 is 0 Å². The van der Waals surface area contributed by atoms with E-state index in [2.05, 4.69) is 9.80 Å². The normalized spacial score (nSPS) is 26.3. The molecule has 2 aromatic rings. The Morgan fingerprint density at radius 1 is 0.407 bits per heavy atom. The standard InChI is InChI=1S/C66H102N6O14/c1-41(2)33-51-61(77)83-45(9)57(73)67(13)54(36-44(7)8)64(80)86-56(38-48-19-23-50(24-20-48)40-72-31-27-66(12,82)28-32-72)60(76)70(16)52(34-42(3)4)62(78)84-46(10)58(74)68(14)53(35-43(5)6)63(79)85-55(59(75)69(51)15)37-47-17-21-49(22-18-47)39-71-29-25-65(11,81)26-30-71/h17-24,41-46,51-56,81-82H,25-40H2,1-16H3/t45-,46-,51+,52+,53+,54+,55-,56-/m1/s1. The average Bonchev–Trinajstić information content (AvgIpc) is 3.55. The van der Waals surface area contributed by atoms with Gasteiger partial charge < -0.3 is 48.8 Å². The molecule has 0 radical (unpaired) electrons. The molecular weight excluding hydrogens is 1100 g/mol. The largest absolute Gasteiger partial charge is 0.451 e. The Kier molecular flexibility index (Phi) is 25.8. The number of esters is 4. The van der Waals surface area contributed by atoms with Crippen LogP contribution in [0.3, 0.4) is 0 Å². The number of amides is 4. The molecule has 86 heavy (non-hydrogen) atoms. The summed E-state index contributed by atoms with van der Waals surface area (Å²) < 4.78 is 24.3. The number of cyclic esters (lactones) is 4. The number of likely N-dealkylation sites (N-methyl/N-ethyl adjacent to an activating group) is 4. The number of piperidine rings is 2. The van der Waals surface area contributed by atoms with Crippen molar-refractivity contribution in [3.8, 4) is 0 Å². The fourth-order valence-corrected chi connectivity index (χ4v) is 11.4. The number of carbonyl (C=O) groups excluding carboxylic acids is 8. The first-order valence-electron chi connectivity index (χ1n) is 31.1. The zero-order valence-electron chi connectivity index (χ0n) is 54.3. The van der Waals surface area contributed by atoms with Crippen molar-refractivity contribution in [2.75, 3.05) is 54.4 Å². The van der Waals surface area contributed by atoms with Gasteiger partial charge in [-0.15, -0.1) is 0 Å². The molecule has 0 saturated carbocycles. The third-order valence-corrected chi connectivity index (χ3v) is 17.0. The molecule has 0 aromatic heterocycles. The van der Waals surface area contributed by atoms with Gasteiger partial charge in [0.15, 0.2) is 24.4 Å². The van der Waals surface area contributed by atoms with Gasteiger partial charge in [0.05, 0.1) is 11.2 Å². The highest BCUT2D eigenvalue weighted by molar-refractivity contribution is 5.94. The minimum absolute atomic E-state index is 0.0818. The summed E-state index contributed by atoms with van der Waals surface area (Å²) in [5, 5.41) is 21.0. The van der Waals surface area contributed by atoms with E-state index >= 15 is 9.59 Å². The lowest BCUT2D eigenvalue weighted by Crippen LogP contribution is -2.55. The summed E-state index contributed by atoms with van der Waals surface area (Å²) >= 11 is 0. The molecule has 5 rings (SSSR count). The fourth-order valence-electron chi connectivity index (χ4n) is 11.4. The van der Waals surface area contributed by atoms with E-state index in [-0.39, 0.29) is 62.2 Å². The van der Waals surface area contributed by atoms with Crippen molar-refractivity contribution in [2.24, 2.45) is 23.7 Å². The van der Waals surface area contributed by atoms with Crippen molar-refractivity contribution in [1.29, 1.82) is 0 Å². The van der Waals surface area contributed by atoms with E-state index in [9.17, 15) is 39.0 Å². The topological polar surface area (TPSA) is 233 Å². The molecule has 480 valence electrons. The number of hydrogen-bond donors (Lipinski definition) is 2.